The van der Waals surface area contributed by atoms with Crippen LogP contribution in [-0.4, -0.2) is 18.5 Å². The summed E-state index contributed by atoms with van der Waals surface area (Å²) in [6.45, 7) is 6.06. The molecule has 0 N–H and O–H groups in total. The summed E-state index contributed by atoms with van der Waals surface area (Å²) in [5.74, 6) is 0.580. The highest BCUT2D eigenvalue weighted by Crippen LogP contribution is 2.22. The monoisotopic (exact) mass is 445 g/mol. The Morgan fingerprint density at radius 2 is 2.12 bits per heavy atom. The number of halogens is 1. The molecule has 1 aliphatic rings. The summed E-state index contributed by atoms with van der Waals surface area (Å²) >= 11 is 2.26. The van der Waals surface area contributed by atoms with Crippen molar-refractivity contribution in [3.05, 3.63) is 81.1 Å². The lowest BCUT2D eigenvalue weighted by molar-refractivity contribution is -0.129. The number of aliphatic imine (C=N–C) groups is 1. The average molecular weight is 445 g/mol. The minimum absolute atomic E-state index is 0.270. The maximum absolute atomic E-state index is 12.1. The third-order valence-corrected chi connectivity index (χ3v) is 4.77. The van der Waals surface area contributed by atoms with Crippen molar-refractivity contribution in [2.75, 3.05) is 6.61 Å². The first-order valence-corrected chi connectivity index (χ1v) is 8.77. The van der Waals surface area contributed by atoms with Crippen molar-refractivity contribution < 1.29 is 14.3 Å². The maximum Gasteiger partial charge on any atom is 0.363 e. The highest BCUT2D eigenvalue weighted by Gasteiger charge is 2.24. The first-order valence-electron chi connectivity index (χ1n) is 7.69. The van der Waals surface area contributed by atoms with Gasteiger partial charge in [-0.15, -0.1) is 0 Å². The number of ether oxygens (including phenoxy) is 2. The van der Waals surface area contributed by atoms with E-state index in [2.05, 4.69) is 34.2 Å². The minimum Gasteiger partial charge on any atom is -0.490 e. The molecule has 0 fully saturated rings. The molecule has 126 valence electrons. The Hall–Kier alpha value is -2.41. The van der Waals surface area contributed by atoms with Crippen molar-refractivity contribution in [3.63, 3.8) is 0 Å². The van der Waals surface area contributed by atoms with Gasteiger partial charge in [0, 0.05) is 9.13 Å². The van der Waals surface area contributed by atoms with Crippen LogP contribution in [0.4, 0.5) is 0 Å². The molecule has 0 unspecified atom stereocenters. The van der Waals surface area contributed by atoms with Crippen molar-refractivity contribution in [1.29, 1.82) is 0 Å². The zero-order chi connectivity index (χ0) is 17.8. The Kier molecular flexibility index (Phi) is 5.33. The van der Waals surface area contributed by atoms with Crippen molar-refractivity contribution in [3.8, 4) is 5.75 Å². The van der Waals surface area contributed by atoms with E-state index in [0.29, 0.717) is 18.3 Å². The summed E-state index contributed by atoms with van der Waals surface area (Å²) in [4.78, 5) is 16.5. The predicted octanol–water partition coefficient (Wildman–Crippen LogP) is 4.51. The normalized spacial score (nSPS) is 15.0. The van der Waals surface area contributed by atoms with Gasteiger partial charge < -0.3 is 9.47 Å². The van der Waals surface area contributed by atoms with E-state index in [9.17, 15) is 4.79 Å². The molecule has 0 aromatic heterocycles. The number of nitrogens with zero attached hydrogens (tertiary/aromatic N) is 1. The summed E-state index contributed by atoms with van der Waals surface area (Å²) in [5.41, 5.74) is 2.99. The molecule has 0 aliphatic carbocycles. The van der Waals surface area contributed by atoms with Crippen LogP contribution >= 0.6 is 22.6 Å². The standard InChI is InChI=1S/C20H16INO3/c1-3-9-24-16-6-4-5-14(11-16)12-18-20(23)25-19(22-18)15-7-8-17(21)13(2)10-15/h3-8,10-12H,1,9H2,2H3/b18-12-. The number of benzene rings is 2. The smallest absolute Gasteiger partial charge is 0.363 e. The highest BCUT2D eigenvalue weighted by atomic mass is 127. The summed E-state index contributed by atoms with van der Waals surface area (Å²) in [5, 5.41) is 0. The largest absolute Gasteiger partial charge is 0.490 e. The number of carbonyl (C=O) groups excluding carboxylic acids is 1. The number of rotatable bonds is 5. The van der Waals surface area contributed by atoms with Gasteiger partial charge in [-0.3, -0.25) is 0 Å². The van der Waals surface area contributed by atoms with E-state index in [1.54, 1.807) is 12.2 Å². The van der Waals surface area contributed by atoms with E-state index in [1.807, 2.05) is 49.4 Å². The SMILES string of the molecule is C=CCOc1cccc(/C=C2\N=C(c3ccc(I)c(C)c3)OC2=O)c1. The van der Waals surface area contributed by atoms with Gasteiger partial charge in [-0.1, -0.05) is 24.8 Å². The van der Waals surface area contributed by atoms with Crippen LogP contribution < -0.4 is 4.74 Å². The van der Waals surface area contributed by atoms with Gasteiger partial charge in [0.25, 0.3) is 0 Å². The molecule has 0 spiro atoms. The quantitative estimate of drug-likeness (QED) is 0.295. The molecule has 1 aliphatic heterocycles. The van der Waals surface area contributed by atoms with Gasteiger partial charge in [0.05, 0.1) is 0 Å². The fourth-order valence-electron chi connectivity index (χ4n) is 2.32. The lowest BCUT2D eigenvalue weighted by Gasteiger charge is -2.03. The summed E-state index contributed by atoms with van der Waals surface area (Å²) < 4.78 is 12.0. The molecule has 3 rings (SSSR count). The second-order valence-electron chi connectivity index (χ2n) is 5.47. The maximum atomic E-state index is 12.1. The molecule has 0 bridgehead atoms. The number of aryl methyl sites for hydroxylation is 1. The molecular weight excluding hydrogens is 429 g/mol. The Morgan fingerprint density at radius 3 is 2.88 bits per heavy atom. The van der Waals surface area contributed by atoms with E-state index < -0.39 is 5.97 Å². The van der Waals surface area contributed by atoms with Gasteiger partial charge in [0.2, 0.25) is 5.90 Å². The lowest BCUT2D eigenvalue weighted by atomic mass is 10.1. The average Bonchev–Trinajstić information content (AvgIpc) is 2.96. The Labute approximate surface area is 160 Å². The number of carbonyl (C=O) groups is 1. The van der Waals surface area contributed by atoms with E-state index in [1.165, 1.54) is 0 Å². The second kappa shape index (κ2) is 7.65. The van der Waals surface area contributed by atoms with Crippen LogP contribution in [0.15, 0.2) is 65.8 Å². The topological polar surface area (TPSA) is 47.9 Å². The molecule has 2 aromatic rings. The molecule has 1 heterocycles. The van der Waals surface area contributed by atoms with Crippen molar-refractivity contribution in [2.24, 2.45) is 4.99 Å². The number of hydrogen-bond acceptors (Lipinski definition) is 4. The zero-order valence-electron chi connectivity index (χ0n) is 13.7. The summed E-state index contributed by atoms with van der Waals surface area (Å²) in [7, 11) is 0. The minimum atomic E-state index is -0.455. The van der Waals surface area contributed by atoms with Crippen LogP contribution in [0.2, 0.25) is 0 Å². The first kappa shape index (κ1) is 17.4. The Bertz CT molecular complexity index is 900. The van der Waals surface area contributed by atoms with Gasteiger partial charge in [-0.05, 0) is 77.0 Å². The number of hydrogen-bond donors (Lipinski definition) is 0. The van der Waals surface area contributed by atoms with Gasteiger partial charge in [0.15, 0.2) is 5.70 Å². The molecule has 4 nitrogen and oxygen atoms in total. The van der Waals surface area contributed by atoms with Crippen LogP contribution in [0.1, 0.15) is 16.7 Å². The summed E-state index contributed by atoms with van der Waals surface area (Å²) in [6, 6.07) is 13.3. The van der Waals surface area contributed by atoms with E-state index in [4.69, 9.17) is 9.47 Å². The second-order valence-corrected chi connectivity index (χ2v) is 6.63. The van der Waals surface area contributed by atoms with Crippen molar-refractivity contribution in [2.45, 2.75) is 6.92 Å². The molecule has 5 heteroatoms. The molecule has 0 atom stereocenters. The predicted molar refractivity (Wildman–Crippen MR) is 107 cm³/mol. The highest BCUT2D eigenvalue weighted by molar-refractivity contribution is 14.1. The Morgan fingerprint density at radius 1 is 1.28 bits per heavy atom. The van der Waals surface area contributed by atoms with Crippen molar-refractivity contribution >= 4 is 40.5 Å². The molecule has 0 amide bonds. The van der Waals surface area contributed by atoms with Crippen LogP contribution in [0.5, 0.6) is 5.75 Å². The zero-order valence-corrected chi connectivity index (χ0v) is 15.8. The van der Waals surface area contributed by atoms with Crippen LogP contribution in [0, 0.1) is 10.5 Å². The third-order valence-electron chi connectivity index (χ3n) is 3.55. The Balaban J connectivity index is 1.88. The molecular formula is C20H16INO3. The number of cyclic esters (lactones) is 1. The fourth-order valence-corrected chi connectivity index (χ4v) is 2.65. The van der Waals surface area contributed by atoms with E-state index >= 15 is 0 Å². The number of esters is 1. The van der Waals surface area contributed by atoms with Crippen LogP contribution in [0.3, 0.4) is 0 Å². The first-order chi connectivity index (χ1) is 12.1. The van der Waals surface area contributed by atoms with E-state index in [0.717, 1.165) is 20.3 Å². The molecule has 0 radical (unpaired) electrons. The van der Waals surface area contributed by atoms with Crippen LogP contribution in [-0.2, 0) is 9.53 Å². The van der Waals surface area contributed by atoms with Gasteiger partial charge in [-0.25, -0.2) is 9.79 Å². The molecule has 0 saturated carbocycles. The van der Waals surface area contributed by atoms with Crippen molar-refractivity contribution in [1.82, 2.24) is 0 Å². The fraction of sp³-hybridized carbons (Fsp3) is 0.100. The van der Waals surface area contributed by atoms with E-state index in [-0.39, 0.29) is 5.70 Å². The molecule has 2 aromatic carbocycles. The molecule has 25 heavy (non-hydrogen) atoms. The molecule has 0 saturated heterocycles. The third kappa shape index (κ3) is 4.17. The van der Waals surface area contributed by atoms with Gasteiger partial charge in [-0.2, -0.15) is 0 Å². The summed E-state index contributed by atoms with van der Waals surface area (Å²) in [6.07, 6.45) is 3.37. The van der Waals surface area contributed by atoms with Crippen LogP contribution in [0.25, 0.3) is 6.08 Å². The lowest BCUT2D eigenvalue weighted by Crippen LogP contribution is -2.05. The van der Waals surface area contributed by atoms with Gasteiger partial charge >= 0.3 is 5.97 Å². The van der Waals surface area contributed by atoms with Gasteiger partial charge in [0.1, 0.15) is 12.4 Å².